The van der Waals surface area contributed by atoms with Gasteiger partial charge < -0.3 is 34.8 Å². The maximum absolute atomic E-state index is 14.7. The van der Waals surface area contributed by atoms with Gasteiger partial charge in [-0.25, -0.2) is 5.43 Å². The average Bonchev–Trinajstić information content (AvgIpc) is 4.08. The maximum Gasteiger partial charge on any atom is 0.324 e. The molecular weight excluding hydrogens is 837 g/mol. The fourth-order valence-corrected chi connectivity index (χ4v) is 10.2. The molecule has 2 aromatic heterocycles. The Balaban J connectivity index is 1.15. The third-order valence-electron chi connectivity index (χ3n) is 13.6. The van der Waals surface area contributed by atoms with E-state index in [4.69, 9.17) is 9.72 Å². The van der Waals surface area contributed by atoms with Crippen molar-refractivity contribution >= 4 is 40.5 Å². The largest absolute Gasteiger partial charge is 0.508 e. The molecule has 0 unspecified atom stereocenters. The Morgan fingerprint density at radius 3 is 2.50 bits per heavy atom. The van der Waals surface area contributed by atoms with Gasteiger partial charge in [-0.15, -0.1) is 0 Å². The van der Waals surface area contributed by atoms with Crippen molar-refractivity contribution in [3.63, 3.8) is 0 Å². The molecule has 2 aromatic carbocycles. The number of fused-ring (bicyclic) bond motifs is 6. The van der Waals surface area contributed by atoms with Crippen LogP contribution >= 0.6 is 0 Å². The highest BCUT2D eigenvalue weighted by Gasteiger charge is 2.42. The molecule has 15 heteroatoms. The van der Waals surface area contributed by atoms with Gasteiger partial charge in [-0.3, -0.25) is 34.0 Å². The lowest BCUT2D eigenvalue weighted by atomic mass is 9.83. The lowest BCUT2D eigenvalue weighted by Crippen LogP contribution is -2.62. The minimum absolute atomic E-state index is 0.00231. The predicted octanol–water partition coefficient (Wildman–Crippen LogP) is 5.17. The zero-order valence-electron chi connectivity index (χ0n) is 39.6. The highest BCUT2D eigenvalue weighted by Crippen LogP contribution is 2.42. The number of rotatable bonds is 10. The van der Waals surface area contributed by atoms with Gasteiger partial charge in [0.1, 0.15) is 23.9 Å². The number of benzene rings is 2. The van der Waals surface area contributed by atoms with Crippen molar-refractivity contribution in [3.8, 4) is 28.1 Å². The minimum atomic E-state index is -1.14. The van der Waals surface area contributed by atoms with Crippen molar-refractivity contribution < 1.29 is 33.8 Å². The van der Waals surface area contributed by atoms with E-state index in [9.17, 15) is 29.1 Å². The quantitative estimate of drug-likeness (QED) is 0.122. The molecule has 6 heterocycles. The van der Waals surface area contributed by atoms with Crippen LogP contribution in [0, 0.1) is 17.3 Å². The van der Waals surface area contributed by atoms with E-state index >= 15 is 0 Å². The van der Waals surface area contributed by atoms with E-state index in [0.29, 0.717) is 57.5 Å². The van der Waals surface area contributed by atoms with Crippen LogP contribution in [0.5, 0.6) is 5.75 Å². The highest BCUT2D eigenvalue weighted by atomic mass is 16.5. The minimum Gasteiger partial charge on any atom is -0.508 e. The molecule has 4 atom stereocenters. The standard InChI is InChI=1S/C51H66N8O7/c1-9-58-42-15-14-33-23-37(42)38(46(58)36-12-10-16-52-44(36)29(2)3)24-51(6,7)28-66-50(65)39-13-11-17-59(55-39)49(64)40(20-31-18-34(33)22-35(60)19-31)54-47(62)45(30(4)5)56(8)43(61)21-32-26-57(27-32)48(63)41-25-53-41/h10,12,14-16,18-19,22-23,29-30,32,39-41,45,53,55,60H,9,11,13,17,20-21,24-28H2,1-8H3,(H,54,62)/t39-,40-,41+,45-/m0/s1. The van der Waals surface area contributed by atoms with E-state index < -0.39 is 41.3 Å². The number of nitrogens with zero attached hydrogens (tertiary/aromatic N) is 5. The maximum atomic E-state index is 14.7. The van der Waals surface area contributed by atoms with E-state index in [2.05, 4.69) is 73.4 Å². The Morgan fingerprint density at radius 1 is 1.05 bits per heavy atom. The fourth-order valence-electron chi connectivity index (χ4n) is 10.2. The van der Waals surface area contributed by atoms with Crippen molar-refractivity contribution in [1.82, 2.24) is 40.4 Å². The first-order chi connectivity index (χ1) is 31.4. The summed E-state index contributed by atoms with van der Waals surface area (Å²) >= 11 is 0. The first-order valence-electron chi connectivity index (χ1n) is 23.7. The number of cyclic esters (lactones) is 1. The van der Waals surface area contributed by atoms with Crippen LogP contribution in [0.4, 0.5) is 0 Å². The molecule has 0 radical (unpaired) electrons. The molecule has 0 saturated carbocycles. The number of hydrazine groups is 1. The monoisotopic (exact) mass is 903 g/mol. The van der Waals surface area contributed by atoms with Gasteiger partial charge in [0, 0.05) is 86.6 Å². The van der Waals surface area contributed by atoms with Crippen LogP contribution in [-0.4, -0.2) is 123 Å². The van der Waals surface area contributed by atoms with Gasteiger partial charge in [0.25, 0.3) is 5.91 Å². The number of phenolic OH excluding ortho intramolecular Hbond substituents is 1. The molecule has 352 valence electrons. The summed E-state index contributed by atoms with van der Waals surface area (Å²) in [7, 11) is 1.61. The van der Waals surface area contributed by atoms with Crippen molar-refractivity contribution in [2.75, 3.05) is 39.8 Å². The molecule has 4 aromatic rings. The van der Waals surface area contributed by atoms with Gasteiger partial charge in [0.15, 0.2) is 0 Å². The van der Waals surface area contributed by atoms with Crippen molar-refractivity contribution in [2.24, 2.45) is 17.3 Å². The van der Waals surface area contributed by atoms with E-state index in [1.165, 1.54) is 9.91 Å². The number of aromatic nitrogens is 2. The number of carbonyl (C=O) groups excluding carboxylic acids is 5. The van der Waals surface area contributed by atoms with E-state index in [0.717, 1.165) is 44.5 Å². The van der Waals surface area contributed by atoms with Gasteiger partial charge in [0.2, 0.25) is 17.7 Å². The number of aromatic hydroxyl groups is 1. The number of hydrogen-bond acceptors (Lipinski definition) is 10. The first-order valence-corrected chi connectivity index (χ1v) is 23.7. The summed E-state index contributed by atoms with van der Waals surface area (Å²) in [6.45, 7) is 17.2. The molecule has 4 N–H and O–H groups in total. The summed E-state index contributed by atoms with van der Waals surface area (Å²) in [4.78, 5) is 77.3. The lowest BCUT2D eigenvalue weighted by Gasteiger charge is -2.40. The van der Waals surface area contributed by atoms with Crippen LogP contribution in [-0.2, 0) is 48.1 Å². The van der Waals surface area contributed by atoms with Gasteiger partial charge in [-0.2, -0.15) is 0 Å². The number of carbonyl (C=O) groups is 5. The number of phenols is 1. The summed E-state index contributed by atoms with van der Waals surface area (Å²) < 4.78 is 8.45. The summed E-state index contributed by atoms with van der Waals surface area (Å²) in [5, 5.41) is 19.8. The molecule has 4 amide bonds. The SMILES string of the molecule is CCn1c(-c2cccnc2C(C)C)c2c3cc(ccc31)-c1cc(O)cc(c1)C[C@H](NC(=O)[C@H](C(C)C)N(C)C(=O)CC1CN(C(=O)[C@H]3CN3)C1)C(=O)N1CCC[C@H](N1)C(=O)OCC(C)(C)C2. The second kappa shape index (κ2) is 18.8. The summed E-state index contributed by atoms with van der Waals surface area (Å²) in [5.74, 6) is -1.71. The molecule has 0 aliphatic carbocycles. The van der Waals surface area contributed by atoms with Crippen molar-refractivity contribution in [3.05, 3.63) is 71.5 Å². The normalized spacial score (nSPS) is 21.6. The van der Waals surface area contributed by atoms with Gasteiger partial charge in [-0.1, -0.05) is 53.7 Å². The molecule has 0 spiro atoms. The lowest BCUT2D eigenvalue weighted by molar-refractivity contribution is -0.155. The molecule has 15 nitrogen and oxygen atoms in total. The van der Waals surface area contributed by atoms with Crippen LogP contribution in [0.2, 0.25) is 0 Å². The van der Waals surface area contributed by atoms with E-state index in [1.807, 2.05) is 38.2 Å². The highest BCUT2D eigenvalue weighted by molar-refractivity contribution is 5.96. The molecule has 8 rings (SSSR count). The Kier molecular flexibility index (Phi) is 13.3. The van der Waals surface area contributed by atoms with Crippen LogP contribution in [0.1, 0.15) is 90.5 Å². The predicted molar refractivity (Wildman–Crippen MR) is 252 cm³/mol. The Morgan fingerprint density at radius 2 is 1.80 bits per heavy atom. The average molecular weight is 903 g/mol. The second-order valence-corrected chi connectivity index (χ2v) is 20.3. The number of aryl methyl sites for hydroxylation is 1. The summed E-state index contributed by atoms with van der Waals surface area (Å²) in [6.07, 6.45) is 3.61. The van der Waals surface area contributed by atoms with Gasteiger partial charge >= 0.3 is 5.97 Å². The zero-order chi connectivity index (χ0) is 47.2. The number of likely N-dealkylation sites (N-methyl/N-ethyl adjacent to an activating group) is 1. The van der Waals surface area contributed by atoms with Crippen molar-refractivity contribution in [1.29, 1.82) is 0 Å². The number of esters is 1. The third-order valence-corrected chi connectivity index (χ3v) is 13.6. The molecule has 66 heavy (non-hydrogen) atoms. The second-order valence-electron chi connectivity index (χ2n) is 20.3. The van der Waals surface area contributed by atoms with E-state index in [-0.39, 0.29) is 60.8 Å². The Bertz CT molecular complexity index is 2520. The number of ether oxygens (including phenoxy) is 1. The van der Waals surface area contributed by atoms with Gasteiger partial charge in [-0.05, 0) is 96.7 Å². The zero-order valence-corrected chi connectivity index (χ0v) is 39.6. The number of pyridine rings is 1. The number of hydrogen-bond donors (Lipinski definition) is 4. The first kappa shape index (κ1) is 46.7. The van der Waals surface area contributed by atoms with Crippen LogP contribution in [0.15, 0.2) is 54.7 Å². The Hall–Kier alpha value is -5.80. The smallest absolute Gasteiger partial charge is 0.324 e. The van der Waals surface area contributed by atoms with Crippen LogP contribution in [0.3, 0.4) is 0 Å². The Labute approximate surface area is 387 Å². The topological polar surface area (TPSA) is 188 Å². The molecule has 3 saturated heterocycles. The molecular formula is C51H66N8O7. The fraction of sp³-hybridized carbons (Fsp3) is 0.529. The molecule has 4 aliphatic heterocycles. The number of amides is 4. The third kappa shape index (κ3) is 9.69. The van der Waals surface area contributed by atoms with Crippen molar-refractivity contribution in [2.45, 2.75) is 117 Å². The molecule has 3 fully saturated rings. The summed E-state index contributed by atoms with van der Waals surface area (Å²) in [5.41, 5.74) is 10.1. The summed E-state index contributed by atoms with van der Waals surface area (Å²) in [6, 6.07) is 12.7. The van der Waals surface area contributed by atoms with Gasteiger partial charge in [0.05, 0.1) is 24.0 Å². The number of likely N-dealkylation sites (tertiary alicyclic amines) is 1. The van der Waals surface area contributed by atoms with Crippen LogP contribution < -0.4 is 16.1 Å². The molecule has 6 bridgehead atoms. The number of nitrogens with one attached hydrogen (secondary N) is 3. The van der Waals surface area contributed by atoms with E-state index in [1.54, 1.807) is 24.1 Å². The van der Waals surface area contributed by atoms with Crippen LogP contribution in [0.25, 0.3) is 33.3 Å². The molecule has 4 aliphatic rings.